The molecule has 0 spiro atoms. The number of hydrogen-bond donors (Lipinski definition) is 0. The second kappa shape index (κ2) is 4.96. The van der Waals surface area contributed by atoms with Crippen molar-refractivity contribution in [3.63, 3.8) is 0 Å². The van der Waals surface area contributed by atoms with E-state index in [0.717, 1.165) is 6.42 Å². The van der Waals surface area contributed by atoms with Crippen LogP contribution < -0.4 is 0 Å². The number of halogens is 3. The Balaban J connectivity index is 2.67. The third-order valence-electron chi connectivity index (χ3n) is 2.64. The average Bonchev–Trinajstić information content (AvgIpc) is 2.17. The number of likely N-dealkylation sites (tertiary alicyclic amines) is 1. The monoisotopic (exact) mass is 222 g/mol. The molecule has 0 amide bonds. The Labute approximate surface area is 87.4 Å². The maximum Gasteiger partial charge on any atom is 0.451 e. The van der Waals surface area contributed by atoms with Crippen LogP contribution in [-0.2, 0) is 4.79 Å². The zero-order chi connectivity index (χ0) is 11.5. The van der Waals surface area contributed by atoms with Crippen molar-refractivity contribution in [3.05, 3.63) is 6.92 Å². The minimum atomic E-state index is -4.71. The first-order valence-electron chi connectivity index (χ1n) is 5.11. The van der Waals surface area contributed by atoms with Gasteiger partial charge in [-0.1, -0.05) is 13.3 Å². The summed E-state index contributed by atoms with van der Waals surface area (Å²) in [6, 6.07) is -0.972. The molecule has 1 saturated heterocycles. The molecule has 0 aromatic heterocycles. The van der Waals surface area contributed by atoms with Gasteiger partial charge < -0.3 is 0 Å². The van der Waals surface area contributed by atoms with Crippen molar-refractivity contribution in [2.24, 2.45) is 0 Å². The molecule has 1 rings (SSSR count). The molecular weight excluding hydrogens is 207 g/mol. The first-order valence-corrected chi connectivity index (χ1v) is 5.11. The SMILES string of the molecule is [CH2]CCN1CCCCC1C(=O)C(F)(F)F. The van der Waals surface area contributed by atoms with E-state index in [0.29, 0.717) is 32.4 Å². The lowest BCUT2D eigenvalue weighted by Crippen LogP contribution is -2.49. The molecule has 15 heavy (non-hydrogen) atoms. The van der Waals surface area contributed by atoms with Gasteiger partial charge in [0.15, 0.2) is 0 Å². The molecule has 0 aromatic carbocycles. The van der Waals surface area contributed by atoms with Crippen LogP contribution in [0.1, 0.15) is 25.7 Å². The number of hydrogen-bond acceptors (Lipinski definition) is 2. The van der Waals surface area contributed by atoms with Gasteiger partial charge in [0.1, 0.15) is 0 Å². The summed E-state index contributed by atoms with van der Waals surface area (Å²) in [7, 11) is 0. The van der Waals surface area contributed by atoms with Gasteiger partial charge in [0.05, 0.1) is 6.04 Å². The van der Waals surface area contributed by atoms with E-state index in [9.17, 15) is 18.0 Å². The van der Waals surface area contributed by atoms with E-state index < -0.39 is 18.0 Å². The number of nitrogens with zero attached hydrogens (tertiary/aromatic N) is 1. The zero-order valence-corrected chi connectivity index (χ0v) is 8.52. The highest BCUT2D eigenvalue weighted by Crippen LogP contribution is 2.26. The molecule has 1 unspecified atom stereocenters. The Morgan fingerprint density at radius 2 is 2.07 bits per heavy atom. The molecule has 0 aliphatic carbocycles. The van der Waals surface area contributed by atoms with E-state index in [1.165, 1.54) is 0 Å². The van der Waals surface area contributed by atoms with E-state index in [2.05, 4.69) is 6.92 Å². The number of carbonyl (C=O) groups excluding carboxylic acids is 1. The number of piperidine rings is 1. The molecule has 1 atom stereocenters. The van der Waals surface area contributed by atoms with Crippen LogP contribution in [0.3, 0.4) is 0 Å². The highest BCUT2D eigenvalue weighted by Gasteiger charge is 2.45. The van der Waals surface area contributed by atoms with Crippen LogP contribution in [0.15, 0.2) is 0 Å². The molecule has 0 N–H and O–H groups in total. The van der Waals surface area contributed by atoms with Crippen LogP contribution in [0.25, 0.3) is 0 Å². The van der Waals surface area contributed by atoms with Crippen LogP contribution in [0, 0.1) is 6.92 Å². The van der Waals surface area contributed by atoms with E-state index in [1.54, 1.807) is 4.90 Å². The summed E-state index contributed by atoms with van der Waals surface area (Å²) in [6.07, 6.45) is -2.30. The van der Waals surface area contributed by atoms with Gasteiger partial charge in [-0.25, -0.2) is 0 Å². The fourth-order valence-electron chi connectivity index (χ4n) is 1.95. The van der Waals surface area contributed by atoms with Crippen molar-refractivity contribution in [2.75, 3.05) is 13.1 Å². The highest BCUT2D eigenvalue weighted by atomic mass is 19.4. The summed E-state index contributed by atoms with van der Waals surface area (Å²) in [6.45, 7) is 4.64. The first kappa shape index (κ1) is 12.5. The topological polar surface area (TPSA) is 20.3 Å². The summed E-state index contributed by atoms with van der Waals surface area (Å²) in [5, 5.41) is 0. The van der Waals surface area contributed by atoms with E-state index in [4.69, 9.17) is 0 Å². The van der Waals surface area contributed by atoms with E-state index >= 15 is 0 Å². The second-order valence-electron chi connectivity index (χ2n) is 3.76. The smallest absolute Gasteiger partial charge is 0.293 e. The van der Waals surface area contributed by atoms with Crippen LogP contribution in [0.5, 0.6) is 0 Å². The fourth-order valence-corrected chi connectivity index (χ4v) is 1.95. The molecule has 0 bridgehead atoms. The number of ketones is 1. The Hall–Kier alpha value is -0.580. The normalized spacial score (nSPS) is 24.1. The zero-order valence-electron chi connectivity index (χ0n) is 8.52. The molecule has 2 nitrogen and oxygen atoms in total. The molecule has 1 aliphatic heterocycles. The Morgan fingerprint density at radius 3 is 2.60 bits per heavy atom. The van der Waals surface area contributed by atoms with Crippen LogP contribution >= 0.6 is 0 Å². The van der Waals surface area contributed by atoms with Gasteiger partial charge in [0.2, 0.25) is 0 Å². The van der Waals surface area contributed by atoms with Gasteiger partial charge in [-0.3, -0.25) is 9.69 Å². The molecule has 0 aromatic rings. The maximum atomic E-state index is 12.3. The van der Waals surface area contributed by atoms with Crippen LogP contribution in [0.2, 0.25) is 0 Å². The standard InChI is InChI=1S/C10H15F3NO/c1-2-6-14-7-4-3-5-8(14)9(15)10(11,12)13/h8H,1-7H2. The Bertz CT molecular complexity index is 225. The molecule has 1 radical (unpaired) electrons. The molecule has 5 heteroatoms. The maximum absolute atomic E-state index is 12.3. The first-order chi connectivity index (χ1) is 6.96. The molecular formula is C10H15F3NO. The van der Waals surface area contributed by atoms with Gasteiger partial charge in [-0.2, -0.15) is 13.2 Å². The van der Waals surface area contributed by atoms with Crippen LogP contribution in [0.4, 0.5) is 13.2 Å². The Kier molecular flexibility index (Phi) is 4.13. The summed E-state index contributed by atoms with van der Waals surface area (Å²) < 4.78 is 36.8. The summed E-state index contributed by atoms with van der Waals surface area (Å²) in [5.74, 6) is -1.60. The van der Waals surface area contributed by atoms with Crippen LogP contribution in [-0.4, -0.2) is 36.0 Å². The highest BCUT2D eigenvalue weighted by molar-refractivity contribution is 5.89. The lowest BCUT2D eigenvalue weighted by molar-refractivity contribution is -0.177. The third kappa shape index (κ3) is 3.19. The number of alkyl halides is 3. The number of carbonyl (C=O) groups is 1. The van der Waals surface area contributed by atoms with Crippen molar-refractivity contribution in [3.8, 4) is 0 Å². The van der Waals surface area contributed by atoms with E-state index in [-0.39, 0.29) is 0 Å². The van der Waals surface area contributed by atoms with Crippen molar-refractivity contribution in [2.45, 2.75) is 37.9 Å². The molecule has 1 aliphatic rings. The predicted molar refractivity (Wildman–Crippen MR) is 50.2 cm³/mol. The van der Waals surface area contributed by atoms with Crippen molar-refractivity contribution in [1.82, 2.24) is 4.90 Å². The minimum Gasteiger partial charge on any atom is -0.293 e. The van der Waals surface area contributed by atoms with Gasteiger partial charge in [0.25, 0.3) is 5.78 Å². The quantitative estimate of drug-likeness (QED) is 0.729. The number of rotatable bonds is 3. The number of Topliss-reactive ketones (excluding diaryl/α,β-unsaturated/α-hetero) is 1. The summed E-state index contributed by atoms with van der Waals surface area (Å²) in [5.41, 5.74) is 0. The third-order valence-corrected chi connectivity index (χ3v) is 2.64. The van der Waals surface area contributed by atoms with Gasteiger partial charge in [0, 0.05) is 0 Å². The van der Waals surface area contributed by atoms with Gasteiger partial charge in [-0.15, -0.1) is 0 Å². The lowest BCUT2D eigenvalue weighted by Gasteiger charge is -2.34. The van der Waals surface area contributed by atoms with Crippen molar-refractivity contribution in [1.29, 1.82) is 0 Å². The largest absolute Gasteiger partial charge is 0.451 e. The molecule has 1 fully saturated rings. The summed E-state index contributed by atoms with van der Waals surface area (Å²) in [4.78, 5) is 12.7. The fraction of sp³-hybridized carbons (Fsp3) is 0.800. The second-order valence-corrected chi connectivity index (χ2v) is 3.76. The molecule has 87 valence electrons. The lowest BCUT2D eigenvalue weighted by atomic mass is 9.98. The summed E-state index contributed by atoms with van der Waals surface area (Å²) >= 11 is 0. The molecule has 1 heterocycles. The van der Waals surface area contributed by atoms with Crippen molar-refractivity contribution >= 4 is 5.78 Å². The average molecular weight is 222 g/mol. The Morgan fingerprint density at radius 1 is 1.40 bits per heavy atom. The van der Waals surface area contributed by atoms with Crippen molar-refractivity contribution < 1.29 is 18.0 Å². The molecule has 0 saturated carbocycles. The van der Waals surface area contributed by atoms with Gasteiger partial charge in [-0.05, 0) is 32.4 Å². The minimum absolute atomic E-state index is 0.318. The van der Waals surface area contributed by atoms with Gasteiger partial charge >= 0.3 is 6.18 Å². The predicted octanol–water partition coefficient (Wildman–Crippen LogP) is 2.20. The van der Waals surface area contributed by atoms with E-state index in [1.807, 2.05) is 0 Å².